The van der Waals surface area contributed by atoms with Gasteiger partial charge in [0.05, 0.1) is 18.8 Å². The highest BCUT2D eigenvalue weighted by atomic mass is 35.5. The quantitative estimate of drug-likeness (QED) is 0.838. The molecule has 1 aliphatic heterocycles. The molecule has 1 aliphatic rings. The van der Waals surface area contributed by atoms with Gasteiger partial charge in [-0.25, -0.2) is 4.98 Å². The fourth-order valence-electron chi connectivity index (χ4n) is 2.33. The fraction of sp³-hybridized carbons (Fsp3) is 0.615. The van der Waals surface area contributed by atoms with E-state index in [2.05, 4.69) is 10.3 Å². The molecule has 21 heavy (non-hydrogen) atoms. The molecule has 118 valence electrons. The van der Waals surface area contributed by atoms with Gasteiger partial charge in [-0.05, 0) is 19.4 Å². The average molecular weight is 325 g/mol. The van der Waals surface area contributed by atoms with Crippen molar-refractivity contribution in [1.29, 1.82) is 0 Å². The van der Waals surface area contributed by atoms with Crippen molar-refractivity contribution >= 4 is 11.6 Å². The van der Waals surface area contributed by atoms with Crippen molar-refractivity contribution in [2.75, 3.05) is 19.8 Å². The van der Waals surface area contributed by atoms with Crippen LogP contribution in [0.5, 0.6) is 0 Å². The molecule has 4 nitrogen and oxygen atoms in total. The van der Waals surface area contributed by atoms with Gasteiger partial charge in [0.1, 0.15) is 10.8 Å². The lowest BCUT2D eigenvalue weighted by Gasteiger charge is -2.32. The highest BCUT2D eigenvalue weighted by Crippen LogP contribution is 2.34. The Morgan fingerprint density at radius 2 is 2.19 bits per heavy atom. The van der Waals surface area contributed by atoms with Gasteiger partial charge in [-0.1, -0.05) is 17.7 Å². The van der Waals surface area contributed by atoms with Crippen molar-refractivity contribution in [3.8, 4) is 0 Å². The summed E-state index contributed by atoms with van der Waals surface area (Å²) in [5.74, 6) is 0. The number of alkyl halides is 3. The van der Waals surface area contributed by atoms with Crippen LogP contribution in [0.4, 0.5) is 13.2 Å². The van der Waals surface area contributed by atoms with E-state index in [1.54, 1.807) is 0 Å². The molecule has 2 atom stereocenters. The van der Waals surface area contributed by atoms with E-state index < -0.39 is 17.5 Å². The number of aromatic nitrogens is 1. The summed E-state index contributed by atoms with van der Waals surface area (Å²) in [6, 6.07) is 1.90. The van der Waals surface area contributed by atoms with E-state index >= 15 is 0 Å². The fourth-order valence-corrected chi connectivity index (χ4v) is 2.69. The molecule has 0 aromatic carbocycles. The van der Waals surface area contributed by atoms with E-state index in [1.165, 1.54) is 13.0 Å². The Morgan fingerprint density at radius 1 is 1.48 bits per heavy atom. The van der Waals surface area contributed by atoms with Crippen molar-refractivity contribution < 1.29 is 23.0 Å². The van der Waals surface area contributed by atoms with Crippen LogP contribution >= 0.6 is 11.6 Å². The van der Waals surface area contributed by atoms with Crippen LogP contribution in [0.1, 0.15) is 24.6 Å². The van der Waals surface area contributed by atoms with Crippen molar-refractivity contribution in [2.24, 2.45) is 0 Å². The molecule has 2 unspecified atom stereocenters. The third-order valence-electron chi connectivity index (χ3n) is 3.36. The van der Waals surface area contributed by atoms with E-state index in [0.29, 0.717) is 19.8 Å². The third kappa shape index (κ3) is 4.06. The van der Waals surface area contributed by atoms with E-state index in [4.69, 9.17) is 16.3 Å². The maximum Gasteiger partial charge on any atom is 0.433 e. The summed E-state index contributed by atoms with van der Waals surface area (Å²) >= 11 is 5.81. The lowest BCUT2D eigenvalue weighted by Crippen LogP contribution is -2.45. The molecular weight excluding hydrogens is 309 g/mol. The van der Waals surface area contributed by atoms with E-state index in [1.807, 2.05) is 0 Å². The Hall–Kier alpha value is -0.890. The number of pyridine rings is 1. The summed E-state index contributed by atoms with van der Waals surface area (Å²) < 4.78 is 43.0. The van der Waals surface area contributed by atoms with Crippen LogP contribution in [0.25, 0.3) is 0 Å². The summed E-state index contributed by atoms with van der Waals surface area (Å²) in [4.78, 5) is 3.33. The van der Waals surface area contributed by atoms with Crippen LogP contribution in [0.2, 0.25) is 5.15 Å². The summed E-state index contributed by atoms with van der Waals surface area (Å²) in [6.07, 6.45) is -4.30. The number of rotatable bonds is 3. The van der Waals surface area contributed by atoms with Gasteiger partial charge < -0.3 is 15.2 Å². The van der Waals surface area contributed by atoms with Gasteiger partial charge in [-0.2, -0.15) is 13.2 Å². The first-order valence-corrected chi connectivity index (χ1v) is 6.86. The largest absolute Gasteiger partial charge is 0.433 e. The van der Waals surface area contributed by atoms with Gasteiger partial charge >= 0.3 is 6.18 Å². The number of nitrogens with one attached hydrogen (secondary N) is 1. The van der Waals surface area contributed by atoms with E-state index in [-0.39, 0.29) is 23.2 Å². The highest BCUT2D eigenvalue weighted by Gasteiger charge is 2.36. The van der Waals surface area contributed by atoms with Crippen LogP contribution in [-0.4, -0.2) is 35.9 Å². The SMILES string of the molecule is CC(O)(CC1COCCN1)c1ccc(C(F)(F)F)nc1Cl. The summed E-state index contributed by atoms with van der Waals surface area (Å²) in [6.45, 7) is 3.20. The molecule has 0 saturated carbocycles. The van der Waals surface area contributed by atoms with Crippen LogP contribution in [0.15, 0.2) is 12.1 Å². The van der Waals surface area contributed by atoms with Crippen molar-refractivity contribution in [3.05, 3.63) is 28.5 Å². The van der Waals surface area contributed by atoms with Crippen LogP contribution in [-0.2, 0) is 16.5 Å². The molecule has 0 spiro atoms. The monoisotopic (exact) mass is 324 g/mol. The zero-order valence-electron chi connectivity index (χ0n) is 11.4. The Kier molecular flexibility index (Phi) is 4.77. The second-order valence-electron chi connectivity index (χ2n) is 5.24. The molecule has 0 bridgehead atoms. The predicted octanol–water partition coefficient (Wildman–Crippen LogP) is 2.34. The molecule has 1 saturated heterocycles. The van der Waals surface area contributed by atoms with Gasteiger partial charge in [0.25, 0.3) is 0 Å². The van der Waals surface area contributed by atoms with Gasteiger partial charge in [0, 0.05) is 18.2 Å². The molecule has 0 aliphatic carbocycles. The molecule has 0 radical (unpaired) electrons. The van der Waals surface area contributed by atoms with Crippen molar-refractivity contribution in [3.63, 3.8) is 0 Å². The minimum Gasteiger partial charge on any atom is -0.385 e. The van der Waals surface area contributed by atoms with E-state index in [9.17, 15) is 18.3 Å². The maximum absolute atomic E-state index is 12.6. The van der Waals surface area contributed by atoms with Crippen molar-refractivity contribution in [2.45, 2.75) is 31.2 Å². The average Bonchev–Trinajstić information content (AvgIpc) is 2.37. The highest BCUT2D eigenvalue weighted by molar-refractivity contribution is 6.30. The van der Waals surface area contributed by atoms with Gasteiger partial charge in [-0.15, -0.1) is 0 Å². The molecular formula is C13H16ClF3N2O2. The van der Waals surface area contributed by atoms with Gasteiger partial charge in [-0.3, -0.25) is 0 Å². The second kappa shape index (κ2) is 6.08. The minimum absolute atomic E-state index is 0.0906. The summed E-state index contributed by atoms with van der Waals surface area (Å²) in [7, 11) is 0. The molecule has 8 heteroatoms. The predicted molar refractivity (Wildman–Crippen MR) is 71.0 cm³/mol. The number of hydrogen-bond acceptors (Lipinski definition) is 4. The second-order valence-corrected chi connectivity index (χ2v) is 5.59. The molecule has 1 fully saturated rings. The lowest BCUT2D eigenvalue weighted by molar-refractivity contribution is -0.141. The van der Waals surface area contributed by atoms with Crippen molar-refractivity contribution in [1.82, 2.24) is 10.3 Å². The third-order valence-corrected chi connectivity index (χ3v) is 3.65. The smallest absolute Gasteiger partial charge is 0.385 e. The first kappa shape index (κ1) is 16.5. The minimum atomic E-state index is -4.56. The molecule has 1 aromatic heterocycles. The van der Waals surface area contributed by atoms with Gasteiger partial charge in [0.2, 0.25) is 0 Å². The van der Waals surface area contributed by atoms with Crippen LogP contribution in [0.3, 0.4) is 0 Å². The topological polar surface area (TPSA) is 54.4 Å². The molecule has 2 rings (SSSR count). The summed E-state index contributed by atoms with van der Waals surface area (Å²) in [5, 5.41) is 13.3. The summed E-state index contributed by atoms with van der Waals surface area (Å²) in [5.41, 5.74) is -2.30. The number of hydrogen-bond donors (Lipinski definition) is 2. The number of halogens is 4. The Labute approximate surface area is 125 Å². The zero-order valence-corrected chi connectivity index (χ0v) is 12.1. The van der Waals surface area contributed by atoms with Crippen LogP contribution in [0, 0.1) is 0 Å². The number of nitrogens with zero attached hydrogens (tertiary/aromatic N) is 1. The molecule has 0 amide bonds. The zero-order chi connectivity index (χ0) is 15.7. The van der Waals surface area contributed by atoms with Crippen LogP contribution < -0.4 is 5.32 Å². The number of ether oxygens (including phenoxy) is 1. The first-order chi connectivity index (χ1) is 9.70. The first-order valence-electron chi connectivity index (χ1n) is 6.48. The Bertz CT molecular complexity index is 503. The van der Waals surface area contributed by atoms with E-state index in [0.717, 1.165) is 6.07 Å². The number of morpholine rings is 1. The molecule has 1 aromatic rings. The Morgan fingerprint density at radius 3 is 2.71 bits per heavy atom. The lowest BCUT2D eigenvalue weighted by atomic mass is 9.90. The molecule has 2 N–H and O–H groups in total. The maximum atomic E-state index is 12.6. The standard InChI is InChI=1S/C13H16ClF3N2O2/c1-12(20,6-8-7-21-5-4-18-8)9-2-3-10(13(15,16)17)19-11(9)14/h2-3,8,18,20H,4-7H2,1H3. The Balaban J connectivity index is 2.19. The molecule has 2 heterocycles. The van der Waals surface area contributed by atoms with Gasteiger partial charge in [0.15, 0.2) is 0 Å². The number of aliphatic hydroxyl groups is 1. The normalized spacial score (nSPS) is 22.9.